The first-order valence-electron chi connectivity index (χ1n) is 18.3. The number of hydrogen-bond donors (Lipinski definition) is 0. The van der Waals surface area contributed by atoms with Gasteiger partial charge in [-0.15, -0.1) is 22.7 Å². The Balaban J connectivity index is 1.19. The first-order chi connectivity index (χ1) is 26.6. The van der Waals surface area contributed by atoms with Crippen molar-refractivity contribution in [1.29, 1.82) is 0 Å². The van der Waals surface area contributed by atoms with E-state index in [0.29, 0.717) is 62.9 Å². The van der Waals surface area contributed by atoms with Gasteiger partial charge in [-0.25, -0.2) is 9.59 Å². The van der Waals surface area contributed by atoms with Crippen LogP contribution in [0.25, 0.3) is 31.9 Å². The lowest BCUT2D eigenvalue weighted by molar-refractivity contribution is -0.155. The van der Waals surface area contributed by atoms with Crippen LogP contribution in [0.1, 0.15) is 65.2 Å². The van der Waals surface area contributed by atoms with Gasteiger partial charge in [-0.2, -0.15) is 8.75 Å². The van der Waals surface area contributed by atoms with Crippen LogP contribution in [-0.2, 0) is 38.1 Å². The van der Waals surface area contributed by atoms with E-state index in [-0.39, 0.29) is 73.6 Å². The topological polar surface area (TPSA) is 149 Å². The largest absolute Gasteiger partial charge is 0.486 e. The number of hydrogen-bond acceptors (Lipinski definition) is 15. The van der Waals surface area contributed by atoms with Crippen LogP contribution in [0.2, 0.25) is 0 Å². The standard InChI is InChI=1S/C40H44N2O10S3/c1-23(2)37(43)47-17-19-49-39(45)25-9-13-27(14-10-25)51-35-31(29-7-5-21-53-29)33-34(42-55-41-33)32(30-8-6-22-54-30)36(35)52-28-15-11-26(12-16-28)40(46)50-20-18-48-38(44)24(3)4/h5-8,21-22,25-28H,1,3,9-20H2,2,4H3. The lowest BCUT2D eigenvalue weighted by Gasteiger charge is -2.32. The first kappa shape index (κ1) is 40.1. The molecule has 0 unspecified atom stereocenters. The lowest BCUT2D eigenvalue weighted by atomic mass is 9.87. The van der Waals surface area contributed by atoms with Gasteiger partial charge in [0.15, 0.2) is 11.5 Å². The summed E-state index contributed by atoms with van der Waals surface area (Å²) >= 11 is 4.31. The minimum absolute atomic E-state index is 0.0115. The molecular weight excluding hydrogens is 765 g/mol. The SMILES string of the molecule is C=C(C)C(=O)OCCOC(=O)C1CCC(Oc2c(OC3CCC(C(=O)OCCOC(=O)C(=C)C)CC3)c(-c3cccs3)c3nsnc3c2-c2cccs2)CC1. The summed E-state index contributed by atoms with van der Waals surface area (Å²) in [5, 5.41) is 4.03. The van der Waals surface area contributed by atoms with Crippen LogP contribution in [0, 0.1) is 11.8 Å². The number of nitrogens with zero attached hydrogens (tertiary/aromatic N) is 2. The van der Waals surface area contributed by atoms with E-state index in [2.05, 4.69) is 13.2 Å². The Bertz CT molecular complexity index is 1850. The smallest absolute Gasteiger partial charge is 0.333 e. The highest BCUT2D eigenvalue weighted by atomic mass is 32.1. The van der Waals surface area contributed by atoms with Crippen LogP contribution in [0.3, 0.4) is 0 Å². The zero-order valence-electron chi connectivity index (χ0n) is 30.9. The maximum Gasteiger partial charge on any atom is 0.333 e. The molecule has 3 heterocycles. The minimum atomic E-state index is -0.516. The van der Waals surface area contributed by atoms with Crippen molar-refractivity contribution >= 4 is 69.3 Å². The van der Waals surface area contributed by atoms with Gasteiger partial charge in [0.25, 0.3) is 0 Å². The monoisotopic (exact) mass is 808 g/mol. The second kappa shape index (κ2) is 18.8. The van der Waals surface area contributed by atoms with Crippen LogP contribution < -0.4 is 9.47 Å². The predicted molar refractivity (Wildman–Crippen MR) is 210 cm³/mol. The molecular formula is C40H44N2O10S3. The fourth-order valence-electron chi connectivity index (χ4n) is 6.68. The van der Waals surface area contributed by atoms with Gasteiger partial charge in [0.1, 0.15) is 37.5 Å². The van der Waals surface area contributed by atoms with Gasteiger partial charge in [0.2, 0.25) is 0 Å². The second-order valence-corrected chi connectivity index (χ2v) is 16.1. The minimum Gasteiger partial charge on any atom is -0.486 e. The molecule has 0 amide bonds. The summed E-state index contributed by atoms with van der Waals surface area (Å²) in [5.41, 5.74) is 3.70. The molecule has 0 spiro atoms. The Kier molecular flexibility index (Phi) is 13.7. The zero-order chi connectivity index (χ0) is 38.9. The fraction of sp³-hybridized carbons (Fsp3) is 0.450. The van der Waals surface area contributed by atoms with E-state index < -0.39 is 11.9 Å². The third-order valence-corrected chi connectivity index (χ3v) is 11.9. The van der Waals surface area contributed by atoms with Gasteiger partial charge in [0.05, 0.1) is 46.9 Å². The number of esters is 4. The Morgan fingerprint density at radius 2 is 1.00 bits per heavy atom. The van der Waals surface area contributed by atoms with Gasteiger partial charge in [0, 0.05) is 20.9 Å². The molecule has 3 aromatic heterocycles. The van der Waals surface area contributed by atoms with Crippen LogP contribution >= 0.6 is 34.4 Å². The van der Waals surface area contributed by atoms with Crippen LogP contribution in [-0.4, -0.2) is 71.3 Å². The highest BCUT2D eigenvalue weighted by Gasteiger charge is 2.35. The second-order valence-electron chi connectivity index (χ2n) is 13.7. The van der Waals surface area contributed by atoms with Crippen molar-refractivity contribution in [3.05, 3.63) is 59.3 Å². The molecule has 2 aliphatic carbocycles. The molecule has 0 bridgehead atoms. The Labute approximate surface area is 331 Å². The van der Waals surface area contributed by atoms with Crippen molar-refractivity contribution in [2.24, 2.45) is 11.8 Å². The fourth-order valence-corrected chi connectivity index (χ4v) is 8.78. The summed E-state index contributed by atoms with van der Waals surface area (Å²) < 4.78 is 44.5. The molecule has 0 N–H and O–H groups in total. The van der Waals surface area contributed by atoms with E-state index in [9.17, 15) is 19.2 Å². The van der Waals surface area contributed by atoms with E-state index in [1.807, 2.05) is 35.0 Å². The summed E-state index contributed by atoms with van der Waals surface area (Å²) in [7, 11) is 0. The lowest BCUT2D eigenvalue weighted by Crippen LogP contribution is -2.31. The van der Waals surface area contributed by atoms with Crippen LogP contribution in [0.5, 0.6) is 11.5 Å². The quantitative estimate of drug-likeness (QED) is 0.0463. The summed E-state index contributed by atoms with van der Waals surface area (Å²) in [6.45, 7) is 10.2. The van der Waals surface area contributed by atoms with E-state index in [1.54, 1.807) is 36.5 Å². The molecule has 0 radical (unpaired) electrons. The molecule has 2 aliphatic rings. The Hall–Kier alpha value is -4.60. The van der Waals surface area contributed by atoms with Gasteiger partial charge in [-0.1, -0.05) is 25.3 Å². The average molecular weight is 809 g/mol. The van der Waals surface area contributed by atoms with Gasteiger partial charge < -0.3 is 28.4 Å². The van der Waals surface area contributed by atoms with Crippen molar-refractivity contribution in [2.75, 3.05) is 26.4 Å². The highest BCUT2D eigenvalue weighted by molar-refractivity contribution is 7.14. The number of carbonyl (C=O) groups is 4. The molecule has 0 saturated heterocycles. The van der Waals surface area contributed by atoms with Crippen LogP contribution in [0.4, 0.5) is 0 Å². The average Bonchev–Trinajstić information content (AvgIpc) is 4.00. The molecule has 15 heteroatoms. The molecule has 0 atom stereocenters. The Morgan fingerprint density at radius 3 is 1.35 bits per heavy atom. The molecule has 4 aromatic rings. The van der Waals surface area contributed by atoms with Crippen molar-refractivity contribution in [3.8, 4) is 32.4 Å². The summed E-state index contributed by atoms with van der Waals surface area (Å²) in [6, 6.07) is 8.06. The molecule has 2 fully saturated rings. The maximum absolute atomic E-state index is 12.9. The van der Waals surface area contributed by atoms with Crippen molar-refractivity contribution in [3.63, 3.8) is 0 Å². The third kappa shape index (κ3) is 9.99. The van der Waals surface area contributed by atoms with Gasteiger partial charge >= 0.3 is 23.9 Å². The Morgan fingerprint density at radius 1 is 0.618 bits per heavy atom. The molecule has 292 valence electrons. The number of carbonyl (C=O) groups excluding carboxylic acids is 4. The number of aromatic nitrogens is 2. The van der Waals surface area contributed by atoms with E-state index in [0.717, 1.165) is 43.6 Å². The van der Waals surface area contributed by atoms with E-state index in [1.165, 1.54) is 0 Å². The summed E-state index contributed by atoms with van der Waals surface area (Å²) in [6.07, 6.45) is 4.38. The molecule has 55 heavy (non-hydrogen) atoms. The van der Waals surface area contributed by atoms with Gasteiger partial charge in [-0.3, -0.25) is 9.59 Å². The highest BCUT2D eigenvalue weighted by Crippen LogP contribution is 2.53. The molecule has 0 aliphatic heterocycles. The maximum atomic E-state index is 12.9. The summed E-state index contributed by atoms with van der Waals surface area (Å²) in [4.78, 5) is 51.0. The normalized spacial score (nSPS) is 19.6. The van der Waals surface area contributed by atoms with E-state index in [4.69, 9.17) is 37.2 Å². The number of ether oxygens (including phenoxy) is 6. The molecule has 12 nitrogen and oxygen atoms in total. The van der Waals surface area contributed by atoms with Gasteiger partial charge in [-0.05, 0) is 88.1 Å². The molecule has 6 rings (SSSR count). The number of benzene rings is 1. The number of rotatable bonds is 16. The zero-order valence-corrected chi connectivity index (χ0v) is 33.3. The molecule has 2 saturated carbocycles. The third-order valence-electron chi connectivity index (χ3n) is 9.56. The number of thiophene rings is 2. The first-order valence-corrected chi connectivity index (χ1v) is 20.8. The summed E-state index contributed by atoms with van der Waals surface area (Å²) in [5.74, 6) is -1.03. The number of fused-ring (bicyclic) bond motifs is 1. The predicted octanol–water partition coefficient (Wildman–Crippen LogP) is 8.35. The molecule has 1 aromatic carbocycles. The van der Waals surface area contributed by atoms with E-state index >= 15 is 0 Å². The van der Waals surface area contributed by atoms with Crippen molar-refractivity contribution in [1.82, 2.24) is 8.75 Å². The van der Waals surface area contributed by atoms with Crippen molar-refractivity contribution < 1.29 is 47.6 Å². The van der Waals surface area contributed by atoms with Crippen molar-refractivity contribution in [2.45, 2.75) is 77.4 Å². The van der Waals surface area contributed by atoms with Crippen LogP contribution in [0.15, 0.2) is 59.3 Å².